The van der Waals surface area contributed by atoms with Crippen LogP contribution in [0.15, 0.2) is 11.8 Å². The van der Waals surface area contributed by atoms with Gasteiger partial charge in [-0.05, 0) is 0 Å². The van der Waals surface area contributed by atoms with Gasteiger partial charge in [0.25, 0.3) is 0 Å². The Morgan fingerprint density at radius 3 is 1.88 bits per heavy atom. The van der Waals surface area contributed by atoms with Crippen LogP contribution >= 0.6 is 0 Å². The van der Waals surface area contributed by atoms with Gasteiger partial charge in [0.1, 0.15) is 0 Å². The molecule has 0 aliphatic carbocycles. The predicted octanol–water partition coefficient (Wildman–Crippen LogP) is 3.68. The molecule has 0 heterocycles. The molecule has 0 saturated carbocycles. The van der Waals surface area contributed by atoms with E-state index in [-0.39, 0.29) is 0 Å². The Kier molecular flexibility index (Phi) is 4.83. The Labute approximate surface area is 94.3 Å². The zero-order valence-electron chi connectivity index (χ0n) is 9.45. The Bertz CT molecular complexity index is 331. The lowest BCUT2D eigenvalue weighted by Gasteiger charge is -2.05. The summed E-state index contributed by atoms with van der Waals surface area (Å²) in [7, 11) is 0. The minimum atomic E-state index is -4.60. The molecule has 0 aromatic heterocycles. The molecule has 0 aromatic carbocycles. The van der Waals surface area contributed by atoms with Gasteiger partial charge in [-0.25, -0.2) is 0 Å². The fraction of sp³-hybridized carbons (Fsp3) is 0.667. The van der Waals surface area contributed by atoms with Crippen molar-refractivity contribution in [2.24, 2.45) is 0 Å². The van der Waals surface area contributed by atoms with Crippen molar-refractivity contribution in [3.05, 3.63) is 11.8 Å². The molecule has 8 heteroatoms. The van der Waals surface area contributed by atoms with Crippen molar-refractivity contribution in [3.8, 4) is 0 Å². The number of halogens is 6. The number of carbonyl (C=O) groups is 1. The third kappa shape index (κ3) is 11.1. The SMILES string of the molecule is [2H]/C(C(=O)CCC(F)(F)F)=C(/O)CCC(F)(F)F. The first-order valence-electron chi connectivity index (χ1n) is 4.98. The summed E-state index contributed by atoms with van der Waals surface area (Å²) >= 11 is 0. The fourth-order valence-corrected chi connectivity index (χ4v) is 0.801. The highest BCUT2D eigenvalue weighted by Crippen LogP contribution is 2.24. The summed E-state index contributed by atoms with van der Waals surface area (Å²) in [4.78, 5) is 11.0. The topological polar surface area (TPSA) is 37.3 Å². The zero-order valence-corrected chi connectivity index (χ0v) is 8.45. The van der Waals surface area contributed by atoms with E-state index in [0.29, 0.717) is 0 Å². The van der Waals surface area contributed by atoms with Crippen molar-refractivity contribution in [1.82, 2.24) is 0 Å². The molecule has 0 unspecified atom stereocenters. The molecule has 0 aliphatic rings. The summed E-state index contributed by atoms with van der Waals surface area (Å²) in [5.41, 5.74) is 0. The Morgan fingerprint density at radius 1 is 1.06 bits per heavy atom. The van der Waals surface area contributed by atoms with E-state index < -0.39 is 55.6 Å². The van der Waals surface area contributed by atoms with Crippen molar-refractivity contribution in [2.75, 3.05) is 0 Å². The van der Waals surface area contributed by atoms with E-state index in [4.69, 9.17) is 6.48 Å². The standard InChI is InChI=1S/C9H10F6O2/c10-8(11,12)3-1-6(16)5-7(17)2-4-9(13,14)15/h5,16H,1-4H2/b6-5-/i5D. The van der Waals surface area contributed by atoms with Gasteiger partial charge in [-0.15, -0.1) is 0 Å². The smallest absolute Gasteiger partial charge is 0.389 e. The first-order chi connectivity index (χ1) is 7.92. The molecule has 1 N–H and O–H groups in total. The summed E-state index contributed by atoms with van der Waals surface area (Å²) in [6.45, 7) is 0. The van der Waals surface area contributed by atoms with Crippen molar-refractivity contribution in [2.45, 2.75) is 38.0 Å². The monoisotopic (exact) mass is 265 g/mol. The predicted molar refractivity (Wildman–Crippen MR) is 46.3 cm³/mol. The Hall–Kier alpha value is -1.21. The largest absolute Gasteiger partial charge is 0.512 e. The maximum absolute atomic E-state index is 11.8. The van der Waals surface area contributed by atoms with Gasteiger partial charge in [0.05, 0.1) is 20.0 Å². The van der Waals surface area contributed by atoms with Crippen molar-refractivity contribution in [3.63, 3.8) is 0 Å². The highest BCUT2D eigenvalue weighted by atomic mass is 19.4. The van der Waals surface area contributed by atoms with Crippen LogP contribution in [0.3, 0.4) is 0 Å². The zero-order chi connectivity index (χ0) is 14.6. The van der Waals surface area contributed by atoms with E-state index in [1.807, 2.05) is 0 Å². The molecule has 0 radical (unpaired) electrons. The second-order valence-corrected chi connectivity index (χ2v) is 3.23. The number of hydrogen-bond donors (Lipinski definition) is 1. The quantitative estimate of drug-likeness (QED) is 0.467. The lowest BCUT2D eigenvalue weighted by molar-refractivity contribution is -0.141. The molecule has 100 valence electrons. The Morgan fingerprint density at radius 2 is 1.47 bits per heavy atom. The molecule has 0 aliphatic heterocycles. The summed E-state index contributed by atoms with van der Waals surface area (Å²) in [6, 6.07) is -1.21. The molecule has 0 amide bonds. The molecule has 0 aromatic rings. The van der Waals surface area contributed by atoms with E-state index >= 15 is 0 Å². The second kappa shape index (κ2) is 5.92. The first-order valence-corrected chi connectivity index (χ1v) is 4.48. The summed E-state index contributed by atoms with van der Waals surface area (Å²) in [6.07, 6.45) is -14.2. The van der Waals surface area contributed by atoms with E-state index in [1.54, 1.807) is 0 Å². The molecular formula is C9H10F6O2. The maximum Gasteiger partial charge on any atom is 0.389 e. The van der Waals surface area contributed by atoms with Crippen LogP contribution in [0.5, 0.6) is 0 Å². The van der Waals surface area contributed by atoms with E-state index in [1.165, 1.54) is 0 Å². The van der Waals surface area contributed by atoms with Crippen LogP contribution in [0, 0.1) is 0 Å². The van der Waals surface area contributed by atoms with E-state index in [9.17, 15) is 31.1 Å². The number of ketones is 1. The van der Waals surface area contributed by atoms with Crippen LogP contribution in [-0.4, -0.2) is 23.2 Å². The number of carbonyl (C=O) groups excluding carboxylic acids is 1. The highest BCUT2D eigenvalue weighted by Gasteiger charge is 2.28. The van der Waals surface area contributed by atoms with Crippen LogP contribution in [0.2, 0.25) is 0 Å². The van der Waals surface area contributed by atoms with Gasteiger partial charge in [0.2, 0.25) is 0 Å². The summed E-state index contributed by atoms with van der Waals surface area (Å²) in [5, 5.41) is 8.97. The number of alkyl halides is 6. The van der Waals surface area contributed by atoms with Gasteiger partial charge in [-0.2, -0.15) is 26.3 Å². The molecule has 2 nitrogen and oxygen atoms in total. The van der Waals surface area contributed by atoms with E-state index in [0.717, 1.165) is 0 Å². The van der Waals surface area contributed by atoms with Crippen LogP contribution in [0.4, 0.5) is 26.3 Å². The van der Waals surface area contributed by atoms with Crippen molar-refractivity contribution >= 4 is 5.78 Å². The lowest BCUT2D eigenvalue weighted by atomic mass is 10.1. The average molecular weight is 265 g/mol. The minimum Gasteiger partial charge on any atom is -0.512 e. The average Bonchev–Trinajstić information content (AvgIpc) is 2.19. The minimum absolute atomic E-state index is 1.000. The van der Waals surface area contributed by atoms with Crippen LogP contribution in [-0.2, 0) is 4.79 Å². The summed E-state index contributed by atoms with van der Waals surface area (Å²) < 4.78 is 77.4. The van der Waals surface area contributed by atoms with Gasteiger partial charge in [0, 0.05) is 18.9 Å². The highest BCUT2D eigenvalue weighted by molar-refractivity contribution is 5.89. The molecule has 0 saturated heterocycles. The first kappa shape index (κ1) is 13.9. The summed E-state index contributed by atoms with van der Waals surface area (Å²) in [5.74, 6) is -2.49. The number of aliphatic hydroxyl groups excluding tert-OH is 1. The number of rotatable bonds is 5. The van der Waals surface area contributed by atoms with Crippen LogP contribution in [0.1, 0.15) is 27.1 Å². The van der Waals surface area contributed by atoms with Gasteiger partial charge >= 0.3 is 12.4 Å². The van der Waals surface area contributed by atoms with Crippen LogP contribution < -0.4 is 0 Å². The Balaban J connectivity index is 4.42. The van der Waals surface area contributed by atoms with Gasteiger partial charge in [0.15, 0.2) is 5.78 Å². The fourth-order valence-electron chi connectivity index (χ4n) is 0.801. The van der Waals surface area contributed by atoms with Crippen molar-refractivity contribution < 1.29 is 37.6 Å². The van der Waals surface area contributed by atoms with Crippen molar-refractivity contribution in [1.29, 1.82) is 0 Å². The van der Waals surface area contributed by atoms with Gasteiger partial charge < -0.3 is 5.11 Å². The second-order valence-electron chi connectivity index (χ2n) is 3.23. The number of allylic oxidation sites excluding steroid dienone is 2. The van der Waals surface area contributed by atoms with Gasteiger partial charge in [-0.1, -0.05) is 0 Å². The van der Waals surface area contributed by atoms with E-state index in [2.05, 4.69) is 0 Å². The third-order valence-electron chi connectivity index (χ3n) is 1.56. The normalized spacial score (nSPS) is 15.3. The molecule has 0 spiro atoms. The van der Waals surface area contributed by atoms with Crippen LogP contribution in [0.25, 0.3) is 0 Å². The molecule has 0 fully saturated rings. The molecule has 0 bridgehead atoms. The molecule has 0 rings (SSSR count). The maximum atomic E-state index is 11.8. The molecule has 0 atom stereocenters. The number of aliphatic hydroxyl groups is 1. The molecule has 17 heavy (non-hydrogen) atoms. The van der Waals surface area contributed by atoms with Gasteiger partial charge in [-0.3, -0.25) is 4.79 Å². The number of hydrogen-bond acceptors (Lipinski definition) is 2. The molecular weight excluding hydrogens is 254 g/mol. The lowest BCUT2D eigenvalue weighted by Crippen LogP contribution is -2.10. The third-order valence-corrected chi connectivity index (χ3v) is 1.56.